The fraction of sp³-hybridized carbons (Fsp3) is 0.125. The van der Waals surface area contributed by atoms with E-state index >= 15 is 0 Å². The summed E-state index contributed by atoms with van der Waals surface area (Å²) in [5.74, 6) is 0.0263. The van der Waals surface area contributed by atoms with Crippen LogP contribution in [0.1, 0.15) is 20.7 Å². The van der Waals surface area contributed by atoms with E-state index in [-0.39, 0.29) is 0 Å². The summed E-state index contributed by atoms with van der Waals surface area (Å²) >= 11 is 0. The molecule has 0 N–H and O–H groups in total. The zero-order valence-corrected chi connectivity index (χ0v) is 10.7. The average molecular weight is 268 g/mol. The summed E-state index contributed by atoms with van der Waals surface area (Å²) in [6.07, 6.45) is 0. The first kappa shape index (κ1) is 12.4. The van der Waals surface area contributed by atoms with Crippen LogP contribution in [0.5, 0.6) is 11.5 Å². The van der Waals surface area contributed by atoms with Crippen LogP contribution >= 0.6 is 0 Å². The highest BCUT2D eigenvalue weighted by Crippen LogP contribution is 2.31. The fourth-order valence-corrected chi connectivity index (χ4v) is 2.04. The van der Waals surface area contributed by atoms with Gasteiger partial charge in [-0.15, -0.1) is 0 Å². The van der Waals surface area contributed by atoms with Gasteiger partial charge in [0.25, 0.3) is 0 Å². The van der Waals surface area contributed by atoms with Crippen LogP contribution in [0.15, 0.2) is 48.5 Å². The van der Waals surface area contributed by atoms with Crippen molar-refractivity contribution in [3.8, 4) is 11.5 Å². The maximum Gasteiger partial charge on any atom is 0.233 e. The van der Waals surface area contributed by atoms with E-state index in [4.69, 9.17) is 9.47 Å². The molecule has 1 aliphatic heterocycles. The molecule has 0 aromatic heterocycles. The van der Waals surface area contributed by atoms with E-state index in [1.165, 1.54) is 0 Å². The lowest BCUT2D eigenvalue weighted by Crippen LogP contribution is -2.18. The predicted molar refractivity (Wildman–Crippen MR) is 72.5 cm³/mol. The number of ketones is 2. The Kier molecular flexibility index (Phi) is 3.21. The maximum atomic E-state index is 12.2. The SMILES string of the molecule is O=C(C(=O)c1ccc2c(c1)OCCO2)c1ccccc1. The van der Waals surface area contributed by atoms with Gasteiger partial charge in [0.15, 0.2) is 11.5 Å². The Hall–Kier alpha value is -2.62. The van der Waals surface area contributed by atoms with Crippen LogP contribution in [-0.2, 0) is 0 Å². The van der Waals surface area contributed by atoms with Gasteiger partial charge < -0.3 is 9.47 Å². The minimum absolute atomic E-state index is 0.308. The zero-order valence-electron chi connectivity index (χ0n) is 10.7. The molecule has 0 unspecified atom stereocenters. The molecule has 0 radical (unpaired) electrons. The molecule has 0 bridgehead atoms. The minimum Gasteiger partial charge on any atom is -0.486 e. The third-order valence-electron chi connectivity index (χ3n) is 3.05. The molecule has 0 saturated carbocycles. The number of carbonyl (C=O) groups is 2. The second kappa shape index (κ2) is 5.17. The fourth-order valence-electron chi connectivity index (χ4n) is 2.04. The second-order valence-corrected chi connectivity index (χ2v) is 4.38. The molecular weight excluding hydrogens is 256 g/mol. The number of Topliss-reactive ketones (excluding diaryl/α,β-unsaturated/α-hetero) is 2. The standard InChI is InChI=1S/C16H12O4/c17-15(11-4-2-1-3-5-11)16(18)12-6-7-13-14(10-12)20-9-8-19-13/h1-7,10H,8-9H2. The van der Waals surface area contributed by atoms with E-state index in [0.717, 1.165) is 0 Å². The van der Waals surface area contributed by atoms with E-state index in [1.54, 1.807) is 48.5 Å². The van der Waals surface area contributed by atoms with Crippen LogP contribution in [-0.4, -0.2) is 24.8 Å². The number of ether oxygens (including phenoxy) is 2. The Bertz CT molecular complexity index is 661. The Morgan fingerprint density at radius 3 is 2.15 bits per heavy atom. The molecular formula is C16H12O4. The number of fused-ring (bicyclic) bond motifs is 1. The molecule has 0 aliphatic carbocycles. The molecule has 0 spiro atoms. The van der Waals surface area contributed by atoms with Crippen LogP contribution in [0.25, 0.3) is 0 Å². The molecule has 1 heterocycles. The van der Waals surface area contributed by atoms with Crippen LogP contribution < -0.4 is 9.47 Å². The van der Waals surface area contributed by atoms with Gasteiger partial charge in [0, 0.05) is 11.1 Å². The van der Waals surface area contributed by atoms with E-state index in [0.29, 0.717) is 35.8 Å². The van der Waals surface area contributed by atoms with Gasteiger partial charge in [-0.05, 0) is 18.2 Å². The first-order chi connectivity index (χ1) is 9.75. The number of hydrogen-bond acceptors (Lipinski definition) is 4. The molecule has 2 aromatic rings. The molecule has 4 nitrogen and oxygen atoms in total. The van der Waals surface area contributed by atoms with E-state index in [1.807, 2.05) is 0 Å². The Morgan fingerprint density at radius 1 is 0.750 bits per heavy atom. The summed E-state index contributed by atoms with van der Waals surface area (Å²) in [5, 5.41) is 0. The molecule has 0 atom stereocenters. The van der Waals surface area contributed by atoms with Gasteiger partial charge in [-0.2, -0.15) is 0 Å². The predicted octanol–water partition coefficient (Wildman–Crippen LogP) is 2.52. The van der Waals surface area contributed by atoms with Crippen LogP contribution in [0.2, 0.25) is 0 Å². The molecule has 1 aliphatic rings. The molecule has 3 rings (SSSR count). The van der Waals surface area contributed by atoms with Gasteiger partial charge in [-0.3, -0.25) is 9.59 Å². The van der Waals surface area contributed by atoms with Crippen molar-refractivity contribution in [1.29, 1.82) is 0 Å². The third-order valence-corrected chi connectivity index (χ3v) is 3.05. The van der Waals surface area contributed by atoms with Crippen molar-refractivity contribution in [2.45, 2.75) is 0 Å². The molecule has 0 fully saturated rings. The minimum atomic E-state index is -0.548. The number of hydrogen-bond donors (Lipinski definition) is 0. The molecule has 0 amide bonds. The second-order valence-electron chi connectivity index (χ2n) is 4.38. The monoisotopic (exact) mass is 268 g/mol. The Morgan fingerprint density at radius 2 is 1.40 bits per heavy atom. The summed E-state index contributed by atoms with van der Waals surface area (Å²) < 4.78 is 10.8. The largest absolute Gasteiger partial charge is 0.486 e. The summed E-state index contributed by atoms with van der Waals surface area (Å²) in [5.41, 5.74) is 0.690. The van der Waals surface area contributed by atoms with Crippen molar-refractivity contribution in [2.75, 3.05) is 13.2 Å². The Balaban J connectivity index is 1.89. The van der Waals surface area contributed by atoms with Gasteiger partial charge in [0.1, 0.15) is 13.2 Å². The van der Waals surface area contributed by atoms with Crippen molar-refractivity contribution in [1.82, 2.24) is 0 Å². The molecule has 100 valence electrons. The summed E-state index contributed by atoms with van der Waals surface area (Å²) in [6, 6.07) is 13.3. The highest BCUT2D eigenvalue weighted by atomic mass is 16.6. The molecule has 20 heavy (non-hydrogen) atoms. The van der Waals surface area contributed by atoms with E-state index in [2.05, 4.69) is 0 Å². The lowest BCUT2D eigenvalue weighted by Gasteiger charge is -2.18. The summed E-state index contributed by atoms with van der Waals surface area (Å²) in [4.78, 5) is 24.3. The van der Waals surface area contributed by atoms with Gasteiger partial charge in [0.2, 0.25) is 11.6 Å². The zero-order chi connectivity index (χ0) is 13.9. The van der Waals surface area contributed by atoms with Gasteiger partial charge in [0.05, 0.1) is 0 Å². The van der Waals surface area contributed by atoms with E-state index in [9.17, 15) is 9.59 Å². The number of benzene rings is 2. The van der Waals surface area contributed by atoms with Gasteiger partial charge in [-0.1, -0.05) is 30.3 Å². The highest BCUT2D eigenvalue weighted by Gasteiger charge is 2.21. The van der Waals surface area contributed by atoms with Crippen molar-refractivity contribution in [3.05, 3.63) is 59.7 Å². The smallest absolute Gasteiger partial charge is 0.233 e. The maximum absolute atomic E-state index is 12.2. The van der Waals surface area contributed by atoms with Crippen LogP contribution in [0.3, 0.4) is 0 Å². The third kappa shape index (κ3) is 2.28. The van der Waals surface area contributed by atoms with Crippen molar-refractivity contribution < 1.29 is 19.1 Å². The van der Waals surface area contributed by atoms with Gasteiger partial charge in [-0.25, -0.2) is 0 Å². The molecule has 0 saturated heterocycles. The average Bonchev–Trinajstić information content (AvgIpc) is 2.54. The van der Waals surface area contributed by atoms with Crippen molar-refractivity contribution in [3.63, 3.8) is 0 Å². The normalized spacial score (nSPS) is 12.8. The molecule has 2 aromatic carbocycles. The van der Waals surface area contributed by atoms with E-state index < -0.39 is 11.6 Å². The van der Waals surface area contributed by atoms with Crippen LogP contribution in [0, 0.1) is 0 Å². The van der Waals surface area contributed by atoms with Crippen molar-refractivity contribution in [2.24, 2.45) is 0 Å². The first-order valence-corrected chi connectivity index (χ1v) is 6.29. The number of carbonyl (C=O) groups excluding carboxylic acids is 2. The Labute approximate surface area is 115 Å². The summed E-state index contributed by atoms with van der Waals surface area (Å²) in [6.45, 7) is 0.931. The lowest BCUT2D eigenvalue weighted by molar-refractivity contribution is 0.0816. The quantitative estimate of drug-likeness (QED) is 0.634. The first-order valence-electron chi connectivity index (χ1n) is 6.29. The lowest BCUT2D eigenvalue weighted by atomic mass is 10.0. The summed E-state index contributed by atoms with van der Waals surface area (Å²) in [7, 11) is 0. The van der Waals surface area contributed by atoms with Crippen LogP contribution in [0.4, 0.5) is 0 Å². The topological polar surface area (TPSA) is 52.6 Å². The highest BCUT2D eigenvalue weighted by molar-refractivity contribution is 6.49. The van der Waals surface area contributed by atoms with Gasteiger partial charge >= 0.3 is 0 Å². The number of rotatable bonds is 3. The van der Waals surface area contributed by atoms with Crippen molar-refractivity contribution >= 4 is 11.6 Å². The molecule has 4 heteroatoms.